The first-order valence-corrected chi connectivity index (χ1v) is 8.24. The highest BCUT2D eigenvalue weighted by Gasteiger charge is 2.34. The van der Waals surface area contributed by atoms with E-state index in [1.807, 2.05) is 0 Å². The van der Waals surface area contributed by atoms with Crippen molar-refractivity contribution < 1.29 is 23.1 Å². The second kappa shape index (κ2) is 5.70. The normalized spacial score (nSPS) is 14.7. The summed E-state index contributed by atoms with van der Waals surface area (Å²) in [5.74, 6) is -1.22. The fourth-order valence-corrected chi connectivity index (χ4v) is 3.32. The first-order valence-electron chi connectivity index (χ1n) is 8.24. The molecule has 3 aromatic rings. The molecule has 0 aliphatic heterocycles. The molecular formula is C18H14F3N3O3. The van der Waals surface area contributed by atoms with Crippen LogP contribution in [0.3, 0.4) is 0 Å². The molecule has 1 fully saturated rings. The van der Waals surface area contributed by atoms with E-state index in [1.165, 1.54) is 29.8 Å². The van der Waals surface area contributed by atoms with Crippen molar-refractivity contribution in [1.82, 2.24) is 14.6 Å². The fraction of sp³-hybridized carbons (Fsp3) is 0.278. The van der Waals surface area contributed by atoms with Crippen LogP contribution in [0.2, 0.25) is 0 Å². The zero-order valence-corrected chi connectivity index (χ0v) is 14.1. The van der Waals surface area contributed by atoms with Crippen molar-refractivity contribution in [2.45, 2.75) is 31.9 Å². The van der Waals surface area contributed by atoms with Gasteiger partial charge in [-0.25, -0.2) is 9.31 Å². The largest absolute Gasteiger partial charge is 0.476 e. The summed E-state index contributed by atoms with van der Waals surface area (Å²) < 4.78 is 40.0. The predicted molar refractivity (Wildman–Crippen MR) is 89.9 cm³/mol. The van der Waals surface area contributed by atoms with E-state index in [-0.39, 0.29) is 28.4 Å². The maximum atomic E-state index is 12.9. The number of aromatic carboxylic acids is 1. The minimum absolute atomic E-state index is 0.00568. The Bertz CT molecular complexity index is 1140. The summed E-state index contributed by atoms with van der Waals surface area (Å²) in [5, 5.41) is 13.4. The lowest BCUT2D eigenvalue weighted by Gasteiger charge is -2.11. The van der Waals surface area contributed by atoms with E-state index in [2.05, 4.69) is 10.1 Å². The third-order valence-electron chi connectivity index (χ3n) is 4.69. The molecule has 1 aromatic carbocycles. The van der Waals surface area contributed by atoms with E-state index in [0.29, 0.717) is 11.1 Å². The molecule has 0 bridgehead atoms. The Morgan fingerprint density at radius 1 is 1.33 bits per heavy atom. The Morgan fingerprint density at radius 3 is 2.59 bits per heavy atom. The number of carboxylic acid groups (broad SMARTS) is 1. The highest BCUT2D eigenvalue weighted by Crippen LogP contribution is 2.43. The summed E-state index contributed by atoms with van der Waals surface area (Å²) in [6.45, 7) is 1.34. The summed E-state index contributed by atoms with van der Waals surface area (Å²) in [7, 11) is 0. The Morgan fingerprint density at radius 2 is 2.04 bits per heavy atom. The van der Waals surface area contributed by atoms with Gasteiger partial charge in [0.15, 0.2) is 5.69 Å². The van der Waals surface area contributed by atoms with Gasteiger partial charge in [-0.05, 0) is 48.9 Å². The molecule has 9 heteroatoms. The average molecular weight is 377 g/mol. The molecule has 1 aliphatic rings. The molecular weight excluding hydrogens is 363 g/mol. The molecule has 0 spiro atoms. The van der Waals surface area contributed by atoms with Crippen molar-refractivity contribution in [3.63, 3.8) is 0 Å². The number of halogens is 3. The van der Waals surface area contributed by atoms with Crippen LogP contribution >= 0.6 is 0 Å². The van der Waals surface area contributed by atoms with Crippen LogP contribution in [-0.4, -0.2) is 25.7 Å². The number of hydrogen-bond acceptors (Lipinski definition) is 3. The summed E-state index contributed by atoms with van der Waals surface area (Å²) in [6, 6.07) is 3.54. The number of carbonyl (C=O) groups is 1. The number of carboxylic acids is 1. The SMILES string of the molecule is Cc1cc(-c2cn3nc(C(=O)O)c(C4CC4)c3c(=O)[nH]2)ccc1C(F)(F)F. The van der Waals surface area contributed by atoms with Gasteiger partial charge in [0.2, 0.25) is 0 Å². The average Bonchev–Trinajstić information content (AvgIpc) is 3.33. The van der Waals surface area contributed by atoms with Gasteiger partial charge >= 0.3 is 12.1 Å². The molecule has 1 aliphatic carbocycles. The summed E-state index contributed by atoms with van der Waals surface area (Å²) in [6.07, 6.45) is -1.45. The quantitative estimate of drug-likeness (QED) is 0.730. The van der Waals surface area contributed by atoms with Crippen LogP contribution in [-0.2, 0) is 6.18 Å². The number of aryl methyl sites for hydroxylation is 1. The molecule has 140 valence electrons. The van der Waals surface area contributed by atoms with Crippen molar-refractivity contribution in [2.75, 3.05) is 0 Å². The molecule has 6 nitrogen and oxygen atoms in total. The first-order chi connectivity index (χ1) is 12.7. The second-order valence-corrected chi connectivity index (χ2v) is 6.66. The lowest BCUT2D eigenvalue weighted by Crippen LogP contribution is -2.12. The van der Waals surface area contributed by atoms with Crippen LogP contribution in [0.4, 0.5) is 13.2 Å². The van der Waals surface area contributed by atoms with Crippen LogP contribution in [0.5, 0.6) is 0 Å². The van der Waals surface area contributed by atoms with Gasteiger partial charge in [-0.3, -0.25) is 4.79 Å². The van der Waals surface area contributed by atoms with Gasteiger partial charge in [0.25, 0.3) is 5.56 Å². The smallest absolute Gasteiger partial charge is 0.416 e. The number of rotatable bonds is 3. The summed E-state index contributed by atoms with van der Waals surface area (Å²) in [5.41, 5.74) is -0.202. The monoisotopic (exact) mass is 377 g/mol. The lowest BCUT2D eigenvalue weighted by atomic mass is 10.0. The number of nitrogens with zero attached hydrogens (tertiary/aromatic N) is 2. The molecule has 0 radical (unpaired) electrons. The van der Waals surface area contributed by atoms with Crippen molar-refractivity contribution in [3.8, 4) is 11.3 Å². The van der Waals surface area contributed by atoms with Crippen LogP contribution in [0.1, 0.15) is 45.9 Å². The Balaban J connectivity index is 1.88. The van der Waals surface area contributed by atoms with Gasteiger partial charge in [0.05, 0.1) is 17.5 Å². The third kappa shape index (κ3) is 2.88. The Hall–Kier alpha value is -3.10. The number of hydrogen-bond donors (Lipinski definition) is 2. The third-order valence-corrected chi connectivity index (χ3v) is 4.69. The molecule has 0 atom stereocenters. The number of aromatic nitrogens is 3. The molecule has 2 heterocycles. The van der Waals surface area contributed by atoms with Crippen molar-refractivity contribution in [2.24, 2.45) is 0 Å². The first kappa shape index (κ1) is 17.3. The predicted octanol–water partition coefficient (Wildman–Crippen LogP) is 3.59. The highest BCUT2D eigenvalue weighted by molar-refractivity contribution is 5.90. The molecule has 0 saturated heterocycles. The fourth-order valence-electron chi connectivity index (χ4n) is 3.32. The number of fused-ring (bicyclic) bond motifs is 1. The highest BCUT2D eigenvalue weighted by atomic mass is 19.4. The second-order valence-electron chi connectivity index (χ2n) is 6.66. The number of aromatic amines is 1. The minimum atomic E-state index is -4.46. The van der Waals surface area contributed by atoms with Crippen LogP contribution in [0.25, 0.3) is 16.8 Å². The molecule has 0 unspecified atom stereocenters. The van der Waals surface area contributed by atoms with Gasteiger partial charge in [0, 0.05) is 5.56 Å². The number of nitrogens with one attached hydrogen (secondary N) is 1. The van der Waals surface area contributed by atoms with E-state index < -0.39 is 23.3 Å². The van der Waals surface area contributed by atoms with E-state index in [9.17, 15) is 27.9 Å². The lowest BCUT2D eigenvalue weighted by molar-refractivity contribution is -0.138. The van der Waals surface area contributed by atoms with Crippen LogP contribution in [0, 0.1) is 6.92 Å². The maximum Gasteiger partial charge on any atom is 0.416 e. The maximum absolute atomic E-state index is 12.9. The van der Waals surface area contributed by atoms with E-state index in [4.69, 9.17) is 0 Å². The molecule has 2 aromatic heterocycles. The van der Waals surface area contributed by atoms with Gasteiger partial charge in [-0.15, -0.1) is 0 Å². The molecule has 0 amide bonds. The van der Waals surface area contributed by atoms with E-state index >= 15 is 0 Å². The Kier molecular flexibility index (Phi) is 3.66. The standard InChI is InChI=1S/C18H14F3N3O3/c1-8-6-10(4-5-11(8)18(19,20)21)12-7-24-15(16(25)22-12)13(9-2-3-9)14(23-24)17(26)27/h4-7,9H,2-3H2,1H3,(H,22,25)(H,26,27). The minimum Gasteiger partial charge on any atom is -0.476 e. The zero-order valence-electron chi connectivity index (χ0n) is 14.1. The van der Waals surface area contributed by atoms with E-state index in [1.54, 1.807) is 0 Å². The van der Waals surface area contributed by atoms with Gasteiger partial charge in [0.1, 0.15) is 5.52 Å². The number of alkyl halides is 3. The molecule has 2 N–H and O–H groups in total. The van der Waals surface area contributed by atoms with Crippen molar-refractivity contribution in [3.05, 3.63) is 57.1 Å². The van der Waals surface area contributed by atoms with Crippen LogP contribution in [0.15, 0.2) is 29.2 Å². The Labute approximate surface area is 150 Å². The molecule has 1 saturated carbocycles. The van der Waals surface area contributed by atoms with Gasteiger partial charge < -0.3 is 10.1 Å². The topological polar surface area (TPSA) is 87.5 Å². The van der Waals surface area contributed by atoms with Gasteiger partial charge in [-0.2, -0.15) is 18.3 Å². The van der Waals surface area contributed by atoms with E-state index in [0.717, 1.165) is 18.9 Å². The van der Waals surface area contributed by atoms with Crippen LogP contribution < -0.4 is 5.56 Å². The van der Waals surface area contributed by atoms with Crippen molar-refractivity contribution >= 4 is 11.5 Å². The number of H-pyrrole nitrogens is 1. The number of benzene rings is 1. The van der Waals surface area contributed by atoms with Gasteiger partial charge in [-0.1, -0.05) is 6.07 Å². The molecule has 4 rings (SSSR count). The molecule has 27 heavy (non-hydrogen) atoms. The zero-order chi connectivity index (χ0) is 19.5. The summed E-state index contributed by atoms with van der Waals surface area (Å²) in [4.78, 5) is 26.7. The van der Waals surface area contributed by atoms with Crippen molar-refractivity contribution in [1.29, 1.82) is 0 Å². The summed E-state index contributed by atoms with van der Waals surface area (Å²) >= 11 is 0.